The number of Topliss-reactive ketones (excluding diaryl/α,β-unsaturated/α-hetero) is 1. The third kappa shape index (κ3) is 2.35. The minimum Gasteiger partial charge on any atom is -0.300 e. The van der Waals surface area contributed by atoms with Crippen LogP contribution < -0.4 is 0 Å². The van der Waals surface area contributed by atoms with E-state index in [-0.39, 0.29) is 0 Å². The Balaban J connectivity index is 2.75. The fraction of sp³-hybridized carbons (Fsp3) is 0.917. The molecule has 0 radical (unpaired) electrons. The molecule has 1 saturated carbocycles. The van der Waals surface area contributed by atoms with Crippen molar-refractivity contribution in [3.8, 4) is 0 Å². The van der Waals surface area contributed by atoms with Crippen LogP contribution in [0.1, 0.15) is 47.0 Å². The summed E-state index contributed by atoms with van der Waals surface area (Å²) < 4.78 is 0. The molecule has 0 spiro atoms. The van der Waals surface area contributed by atoms with Gasteiger partial charge in [-0.25, -0.2) is 0 Å². The number of nitrogens with zero attached hydrogens (tertiary/aromatic N) is 1. The van der Waals surface area contributed by atoms with Crippen molar-refractivity contribution in [2.75, 3.05) is 13.1 Å². The first kappa shape index (κ1) is 11.7. The second kappa shape index (κ2) is 4.43. The van der Waals surface area contributed by atoms with Gasteiger partial charge in [-0.05, 0) is 24.9 Å². The molecular formula is C12H23NO. The summed E-state index contributed by atoms with van der Waals surface area (Å²) in [5.74, 6) is 0.446. The van der Waals surface area contributed by atoms with E-state index in [0.29, 0.717) is 17.2 Å². The van der Waals surface area contributed by atoms with Gasteiger partial charge in [-0.2, -0.15) is 0 Å². The predicted octanol–water partition coefficient (Wildman–Crippen LogP) is 2.48. The molecule has 2 nitrogen and oxygen atoms in total. The Morgan fingerprint density at radius 1 is 1.36 bits per heavy atom. The molecule has 0 saturated heterocycles. The summed E-state index contributed by atoms with van der Waals surface area (Å²) in [6.07, 6.45) is 2.59. The average molecular weight is 197 g/mol. The van der Waals surface area contributed by atoms with E-state index in [1.54, 1.807) is 0 Å². The van der Waals surface area contributed by atoms with Crippen molar-refractivity contribution in [1.82, 2.24) is 4.90 Å². The van der Waals surface area contributed by atoms with Gasteiger partial charge < -0.3 is 0 Å². The van der Waals surface area contributed by atoms with Gasteiger partial charge >= 0.3 is 0 Å². The molecule has 0 aliphatic heterocycles. The van der Waals surface area contributed by atoms with E-state index in [4.69, 9.17) is 0 Å². The third-order valence-corrected chi connectivity index (χ3v) is 3.62. The number of ketones is 1. The molecule has 0 aromatic rings. The molecule has 14 heavy (non-hydrogen) atoms. The Morgan fingerprint density at radius 3 is 2.43 bits per heavy atom. The monoisotopic (exact) mass is 197 g/mol. The van der Waals surface area contributed by atoms with Gasteiger partial charge in [-0.15, -0.1) is 0 Å². The summed E-state index contributed by atoms with van der Waals surface area (Å²) in [6, 6.07) is 0.457. The van der Waals surface area contributed by atoms with Gasteiger partial charge in [-0.3, -0.25) is 9.69 Å². The van der Waals surface area contributed by atoms with Crippen molar-refractivity contribution in [3.05, 3.63) is 0 Å². The summed E-state index contributed by atoms with van der Waals surface area (Å²) in [6.45, 7) is 11.1. The van der Waals surface area contributed by atoms with Crippen LogP contribution in [0.2, 0.25) is 0 Å². The molecule has 1 aliphatic carbocycles. The lowest BCUT2D eigenvalue weighted by Gasteiger charge is -2.44. The Morgan fingerprint density at radius 2 is 1.93 bits per heavy atom. The molecule has 1 atom stereocenters. The van der Waals surface area contributed by atoms with E-state index < -0.39 is 0 Å². The van der Waals surface area contributed by atoms with E-state index in [0.717, 1.165) is 32.4 Å². The number of rotatable bonds is 3. The maximum atomic E-state index is 11.5. The highest BCUT2D eigenvalue weighted by Gasteiger charge is 2.38. The Labute approximate surface area is 87.7 Å². The zero-order chi connectivity index (χ0) is 10.8. The van der Waals surface area contributed by atoms with Crippen molar-refractivity contribution in [2.24, 2.45) is 5.41 Å². The first-order valence-corrected chi connectivity index (χ1v) is 5.77. The highest BCUT2D eigenvalue weighted by Crippen LogP contribution is 2.37. The number of hydrogen-bond acceptors (Lipinski definition) is 2. The van der Waals surface area contributed by atoms with Crippen molar-refractivity contribution < 1.29 is 4.79 Å². The molecule has 0 heterocycles. The second-order valence-electron chi connectivity index (χ2n) is 4.97. The van der Waals surface area contributed by atoms with Crippen LogP contribution in [-0.2, 0) is 4.79 Å². The lowest BCUT2D eigenvalue weighted by Crippen LogP contribution is -2.49. The normalized spacial score (nSPS) is 26.9. The minimum absolute atomic E-state index is 0.305. The molecule has 1 rings (SSSR count). The van der Waals surface area contributed by atoms with Gasteiger partial charge in [0.25, 0.3) is 0 Å². The molecule has 0 aromatic heterocycles. The van der Waals surface area contributed by atoms with Crippen molar-refractivity contribution >= 4 is 5.78 Å². The first-order chi connectivity index (χ1) is 6.51. The first-order valence-electron chi connectivity index (χ1n) is 5.77. The molecule has 0 amide bonds. The molecule has 1 aliphatic rings. The predicted molar refractivity (Wildman–Crippen MR) is 59.3 cm³/mol. The van der Waals surface area contributed by atoms with Gasteiger partial charge in [0.1, 0.15) is 5.78 Å². The van der Waals surface area contributed by atoms with Gasteiger partial charge in [-0.1, -0.05) is 27.7 Å². The fourth-order valence-electron chi connectivity index (χ4n) is 2.51. The molecule has 82 valence electrons. The molecule has 2 heteroatoms. The molecule has 0 N–H and O–H groups in total. The van der Waals surface area contributed by atoms with Gasteiger partial charge in [0.05, 0.1) is 0 Å². The van der Waals surface area contributed by atoms with Gasteiger partial charge in [0.15, 0.2) is 0 Å². The summed E-state index contributed by atoms with van der Waals surface area (Å²) in [7, 11) is 0. The third-order valence-electron chi connectivity index (χ3n) is 3.62. The highest BCUT2D eigenvalue weighted by molar-refractivity contribution is 5.80. The Bertz CT molecular complexity index is 206. The second-order valence-corrected chi connectivity index (χ2v) is 4.97. The summed E-state index contributed by atoms with van der Waals surface area (Å²) in [5.41, 5.74) is 0.305. The van der Waals surface area contributed by atoms with Gasteiger partial charge in [0.2, 0.25) is 0 Å². The van der Waals surface area contributed by atoms with Crippen LogP contribution in [-0.4, -0.2) is 29.8 Å². The molecule has 0 aromatic carbocycles. The van der Waals surface area contributed by atoms with Crippen molar-refractivity contribution in [3.63, 3.8) is 0 Å². The van der Waals surface area contributed by atoms with Crippen LogP contribution in [0.15, 0.2) is 0 Å². The highest BCUT2D eigenvalue weighted by atomic mass is 16.1. The Kier molecular flexibility index (Phi) is 3.71. The zero-order valence-electron chi connectivity index (χ0n) is 9.97. The smallest absolute Gasteiger partial charge is 0.134 e. The molecular weight excluding hydrogens is 174 g/mol. The molecule has 1 unspecified atom stereocenters. The maximum absolute atomic E-state index is 11.5. The van der Waals surface area contributed by atoms with Crippen LogP contribution >= 0.6 is 0 Å². The lowest BCUT2D eigenvalue weighted by atomic mass is 9.72. The van der Waals surface area contributed by atoms with E-state index in [2.05, 4.69) is 32.6 Å². The molecule has 0 bridgehead atoms. The van der Waals surface area contributed by atoms with Crippen LogP contribution in [0.3, 0.4) is 0 Å². The number of hydrogen-bond donors (Lipinski definition) is 0. The number of carbonyl (C=O) groups is 1. The van der Waals surface area contributed by atoms with E-state index in [1.807, 2.05) is 0 Å². The van der Waals surface area contributed by atoms with Crippen LogP contribution in [0, 0.1) is 5.41 Å². The maximum Gasteiger partial charge on any atom is 0.134 e. The quantitative estimate of drug-likeness (QED) is 0.692. The lowest BCUT2D eigenvalue weighted by molar-refractivity contribution is -0.125. The number of carbonyl (C=O) groups excluding carboxylic acids is 1. The average Bonchev–Trinajstić information content (AvgIpc) is 2.13. The van der Waals surface area contributed by atoms with Gasteiger partial charge in [0, 0.05) is 18.9 Å². The topological polar surface area (TPSA) is 20.3 Å². The zero-order valence-corrected chi connectivity index (χ0v) is 9.97. The van der Waals surface area contributed by atoms with E-state index >= 15 is 0 Å². The summed E-state index contributed by atoms with van der Waals surface area (Å²) in [5, 5.41) is 0. The van der Waals surface area contributed by atoms with E-state index in [1.165, 1.54) is 0 Å². The van der Waals surface area contributed by atoms with Crippen LogP contribution in [0.4, 0.5) is 0 Å². The standard InChI is InChI=1S/C12H23NO/c1-5-13(6-2)11-9-10(14)7-8-12(11,3)4/h11H,5-9H2,1-4H3. The minimum atomic E-state index is 0.305. The molecule has 1 fully saturated rings. The van der Waals surface area contributed by atoms with E-state index in [9.17, 15) is 4.79 Å². The largest absolute Gasteiger partial charge is 0.300 e. The summed E-state index contributed by atoms with van der Waals surface area (Å²) >= 11 is 0. The van der Waals surface area contributed by atoms with Crippen LogP contribution in [0.5, 0.6) is 0 Å². The van der Waals surface area contributed by atoms with Crippen LogP contribution in [0.25, 0.3) is 0 Å². The Hall–Kier alpha value is -0.370. The summed E-state index contributed by atoms with van der Waals surface area (Å²) in [4.78, 5) is 13.9. The van der Waals surface area contributed by atoms with Crippen molar-refractivity contribution in [1.29, 1.82) is 0 Å². The SMILES string of the molecule is CCN(CC)C1CC(=O)CCC1(C)C. The fourth-order valence-corrected chi connectivity index (χ4v) is 2.51. The van der Waals surface area contributed by atoms with Crippen molar-refractivity contribution in [2.45, 2.75) is 53.0 Å².